The Kier molecular flexibility index (Phi) is 3.19. The van der Waals surface area contributed by atoms with E-state index in [2.05, 4.69) is 15.5 Å². The van der Waals surface area contributed by atoms with Crippen molar-refractivity contribution >= 4 is 0 Å². The molecule has 0 bridgehead atoms. The van der Waals surface area contributed by atoms with Gasteiger partial charge in [-0.2, -0.15) is 4.98 Å². The molecule has 1 heterocycles. The van der Waals surface area contributed by atoms with Gasteiger partial charge in [0.15, 0.2) is 5.82 Å². The molecule has 5 nitrogen and oxygen atoms in total. The van der Waals surface area contributed by atoms with Crippen LogP contribution < -0.4 is 5.32 Å². The number of nitrogens with zero attached hydrogens (tertiary/aromatic N) is 2. The Morgan fingerprint density at radius 1 is 1.67 bits per heavy atom. The maximum absolute atomic E-state index is 9.05. The number of aromatic nitrogens is 2. The Bertz CT molecular complexity index is 234. The Morgan fingerprint density at radius 2 is 2.42 bits per heavy atom. The summed E-state index contributed by atoms with van der Waals surface area (Å²) in [7, 11) is 1.86. The molecule has 0 saturated carbocycles. The minimum absolute atomic E-state index is 0.279. The van der Waals surface area contributed by atoms with Crippen LogP contribution in [0.2, 0.25) is 0 Å². The largest absolute Gasteiger partial charge is 0.384 e. The van der Waals surface area contributed by atoms with Crippen LogP contribution in [0.4, 0.5) is 0 Å². The van der Waals surface area contributed by atoms with Crippen molar-refractivity contribution in [3.8, 4) is 0 Å². The molecular weight excluding hydrogens is 158 g/mol. The number of rotatable bonds is 4. The van der Waals surface area contributed by atoms with E-state index in [4.69, 9.17) is 9.63 Å². The number of aliphatic hydroxyl groups is 1. The fourth-order valence-corrected chi connectivity index (χ4v) is 0.776. The molecule has 0 fully saturated rings. The normalized spacial score (nSPS) is 13.2. The maximum Gasteiger partial charge on any atom is 0.255 e. The first-order chi connectivity index (χ1) is 5.74. The second kappa shape index (κ2) is 4.18. The minimum atomic E-state index is -0.680. The van der Waals surface area contributed by atoms with E-state index >= 15 is 0 Å². The van der Waals surface area contributed by atoms with Gasteiger partial charge in [-0.05, 0) is 14.0 Å². The first-order valence-electron chi connectivity index (χ1n) is 3.89. The van der Waals surface area contributed by atoms with Crippen LogP contribution >= 0.6 is 0 Å². The van der Waals surface area contributed by atoms with Gasteiger partial charge in [0.2, 0.25) is 0 Å². The third-order valence-electron chi connectivity index (χ3n) is 1.44. The molecule has 2 N–H and O–H groups in total. The highest BCUT2D eigenvalue weighted by Gasteiger charge is 2.09. The summed E-state index contributed by atoms with van der Waals surface area (Å²) in [5.74, 6) is 0.904. The fourth-order valence-electron chi connectivity index (χ4n) is 0.776. The van der Waals surface area contributed by atoms with Crippen LogP contribution in [0, 0.1) is 0 Å². The van der Waals surface area contributed by atoms with Crippen molar-refractivity contribution in [2.75, 3.05) is 13.6 Å². The first-order valence-corrected chi connectivity index (χ1v) is 3.89. The fraction of sp³-hybridized carbons (Fsp3) is 0.714. The van der Waals surface area contributed by atoms with Crippen LogP contribution in [0.25, 0.3) is 0 Å². The Hall–Kier alpha value is -0.940. The van der Waals surface area contributed by atoms with Gasteiger partial charge < -0.3 is 14.9 Å². The van der Waals surface area contributed by atoms with Crippen LogP contribution in [0.15, 0.2) is 4.52 Å². The van der Waals surface area contributed by atoms with Crippen molar-refractivity contribution in [3.63, 3.8) is 0 Å². The van der Waals surface area contributed by atoms with Crippen LogP contribution in [0.1, 0.15) is 24.7 Å². The van der Waals surface area contributed by atoms with Crippen molar-refractivity contribution in [1.82, 2.24) is 15.5 Å². The van der Waals surface area contributed by atoms with Crippen molar-refractivity contribution in [1.29, 1.82) is 0 Å². The van der Waals surface area contributed by atoms with Crippen LogP contribution in [0.5, 0.6) is 0 Å². The Balaban J connectivity index is 2.52. The van der Waals surface area contributed by atoms with Crippen LogP contribution in [-0.4, -0.2) is 28.8 Å². The molecule has 0 spiro atoms. The molecule has 0 aliphatic heterocycles. The van der Waals surface area contributed by atoms with Gasteiger partial charge in [0.1, 0.15) is 6.10 Å². The molecule has 1 aromatic rings. The average Bonchev–Trinajstić information content (AvgIpc) is 2.48. The predicted molar refractivity (Wildman–Crippen MR) is 42.6 cm³/mol. The summed E-state index contributed by atoms with van der Waals surface area (Å²) < 4.78 is 4.78. The van der Waals surface area contributed by atoms with Gasteiger partial charge in [0.05, 0.1) is 0 Å². The number of hydrogen-bond donors (Lipinski definition) is 2. The highest BCUT2D eigenvalue weighted by molar-refractivity contribution is 4.88. The van der Waals surface area contributed by atoms with Gasteiger partial charge in [-0.15, -0.1) is 0 Å². The molecule has 1 atom stereocenters. The van der Waals surface area contributed by atoms with Gasteiger partial charge in [0, 0.05) is 13.0 Å². The second-order valence-corrected chi connectivity index (χ2v) is 2.58. The van der Waals surface area contributed by atoms with E-state index in [0.717, 1.165) is 6.54 Å². The summed E-state index contributed by atoms with van der Waals surface area (Å²) >= 11 is 0. The first kappa shape index (κ1) is 9.15. The molecule has 0 aromatic carbocycles. The minimum Gasteiger partial charge on any atom is -0.384 e. The third-order valence-corrected chi connectivity index (χ3v) is 1.44. The van der Waals surface area contributed by atoms with Gasteiger partial charge in [0.25, 0.3) is 5.89 Å². The van der Waals surface area contributed by atoms with Gasteiger partial charge in [-0.1, -0.05) is 5.16 Å². The van der Waals surface area contributed by atoms with E-state index in [-0.39, 0.29) is 5.89 Å². The molecule has 0 saturated heterocycles. The van der Waals surface area contributed by atoms with Gasteiger partial charge >= 0.3 is 0 Å². The number of nitrogens with one attached hydrogen (secondary N) is 1. The topological polar surface area (TPSA) is 71.2 Å². The Labute approximate surface area is 70.8 Å². The lowest BCUT2D eigenvalue weighted by atomic mass is 10.4. The summed E-state index contributed by atoms with van der Waals surface area (Å²) in [6.07, 6.45) is 0.0352. The quantitative estimate of drug-likeness (QED) is 0.661. The lowest BCUT2D eigenvalue weighted by Gasteiger charge is -1.92. The van der Waals surface area contributed by atoms with E-state index in [1.165, 1.54) is 0 Å². The van der Waals surface area contributed by atoms with Crippen LogP contribution in [-0.2, 0) is 6.42 Å². The molecule has 12 heavy (non-hydrogen) atoms. The average molecular weight is 171 g/mol. The number of aliphatic hydroxyl groups excluding tert-OH is 1. The zero-order valence-electron chi connectivity index (χ0n) is 7.24. The van der Waals surface area contributed by atoms with Crippen molar-refractivity contribution < 1.29 is 9.63 Å². The van der Waals surface area contributed by atoms with E-state index in [0.29, 0.717) is 12.2 Å². The summed E-state index contributed by atoms with van der Waals surface area (Å²) in [4.78, 5) is 3.98. The molecule has 0 aliphatic rings. The highest BCUT2D eigenvalue weighted by Crippen LogP contribution is 2.07. The number of likely N-dealkylation sites (N-methyl/N-ethyl adjacent to an activating group) is 1. The zero-order valence-corrected chi connectivity index (χ0v) is 7.24. The number of hydrogen-bond acceptors (Lipinski definition) is 5. The van der Waals surface area contributed by atoms with Crippen LogP contribution in [0.3, 0.4) is 0 Å². The molecule has 0 aliphatic carbocycles. The smallest absolute Gasteiger partial charge is 0.255 e. The summed E-state index contributed by atoms with van der Waals surface area (Å²) in [5.41, 5.74) is 0. The van der Waals surface area contributed by atoms with Crippen molar-refractivity contribution in [2.45, 2.75) is 19.4 Å². The molecule has 1 unspecified atom stereocenters. The lowest BCUT2D eigenvalue weighted by Crippen LogP contribution is -2.11. The van der Waals surface area contributed by atoms with Gasteiger partial charge in [-0.25, -0.2) is 0 Å². The monoisotopic (exact) mass is 171 g/mol. The SMILES string of the molecule is CNCCc1noc(C(C)O)n1. The van der Waals surface area contributed by atoms with E-state index in [1.807, 2.05) is 7.05 Å². The standard InChI is InChI=1S/C7H13N3O2/c1-5(11)7-9-6(10-12-7)3-4-8-2/h5,8,11H,3-4H2,1-2H3. The van der Waals surface area contributed by atoms with Crippen molar-refractivity contribution in [2.24, 2.45) is 0 Å². The van der Waals surface area contributed by atoms with E-state index < -0.39 is 6.10 Å². The maximum atomic E-state index is 9.05. The zero-order chi connectivity index (χ0) is 8.97. The highest BCUT2D eigenvalue weighted by atomic mass is 16.5. The molecule has 5 heteroatoms. The van der Waals surface area contributed by atoms with Gasteiger partial charge in [-0.3, -0.25) is 0 Å². The summed E-state index contributed by atoms with van der Waals surface area (Å²) in [6, 6.07) is 0. The lowest BCUT2D eigenvalue weighted by molar-refractivity contribution is 0.151. The van der Waals surface area contributed by atoms with E-state index in [9.17, 15) is 0 Å². The second-order valence-electron chi connectivity index (χ2n) is 2.58. The summed E-state index contributed by atoms with van der Waals surface area (Å²) in [5, 5.41) is 15.7. The van der Waals surface area contributed by atoms with Crippen molar-refractivity contribution in [3.05, 3.63) is 11.7 Å². The molecule has 1 rings (SSSR count). The van der Waals surface area contributed by atoms with E-state index in [1.54, 1.807) is 6.92 Å². The molecule has 0 radical (unpaired) electrons. The molecular formula is C7H13N3O2. The molecule has 0 amide bonds. The Morgan fingerprint density at radius 3 is 2.92 bits per heavy atom. The molecule has 68 valence electrons. The predicted octanol–water partition coefficient (Wildman–Crippen LogP) is -0.115. The summed E-state index contributed by atoms with van der Waals surface area (Å²) in [6.45, 7) is 2.40. The molecule has 1 aromatic heterocycles. The third kappa shape index (κ3) is 2.28.